The van der Waals surface area contributed by atoms with Crippen LogP contribution >= 0.6 is 0 Å². The van der Waals surface area contributed by atoms with Gasteiger partial charge < -0.3 is 15.5 Å². The number of nitrogens with zero attached hydrogens (tertiary/aromatic N) is 1. The van der Waals surface area contributed by atoms with Crippen LogP contribution in [0.25, 0.3) is 0 Å². The average Bonchev–Trinajstić information content (AvgIpc) is 2.63. The largest absolute Gasteiger partial charge is 0.495 e. The van der Waals surface area contributed by atoms with E-state index in [0.717, 1.165) is 55.1 Å². The molecule has 0 radical (unpaired) electrons. The number of aromatic nitrogens is 1. The molecular weight excluding hydrogens is 214 g/mol. The van der Waals surface area contributed by atoms with Gasteiger partial charge in [0, 0.05) is 23.1 Å². The summed E-state index contributed by atoms with van der Waals surface area (Å²) in [6.07, 6.45) is 4.77. The summed E-state index contributed by atoms with van der Waals surface area (Å²) in [5.74, 6) is 0.750. The molecule has 17 heavy (non-hydrogen) atoms. The molecule has 1 aromatic heterocycles. The molecule has 2 heterocycles. The minimum Gasteiger partial charge on any atom is -0.495 e. The Labute approximate surface area is 101 Å². The predicted octanol–water partition coefficient (Wildman–Crippen LogP) is 1.38. The minimum absolute atomic E-state index is 0.0347. The van der Waals surface area contributed by atoms with Gasteiger partial charge in [0.2, 0.25) is 0 Å². The summed E-state index contributed by atoms with van der Waals surface area (Å²) < 4.78 is 5.19. The van der Waals surface area contributed by atoms with Gasteiger partial charge >= 0.3 is 0 Å². The van der Waals surface area contributed by atoms with E-state index in [1.165, 1.54) is 0 Å². The number of methoxy groups -OCH3 is 1. The van der Waals surface area contributed by atoms with Crippen LogP contribution in [-0.2, 0) is 6.42 Å². The third-order valence-corrected chi connectivity index (χ3v) is 4.05. The Morgan fingerprint density at radius 1 is 1.41 bits per heavy atom. The quantitative estimate of drug-likeness (QED) is 0.767. The number of hydrogen-bond donors (Lipinski definition) is 2. The van der Waals surface area contributed by atoms with Crippen molar-refractivity contribution in [2.45, 2.75) is 19.3 Å². The van der Waals surface area contributed by atoms with Crippen molar-refractivity contribution in [2.24, 2.45) is 5.41 Å². The average molecular weight is 231 g/mol. The molecule has 3 rings (SSSR count). The molecule has 4 nitrogen and oxygen atoms in total. The molecular formula is C13H17N3O. The van der Waals surface area contributed by atoms with Gasteiger partial charge in [-0.05, 0) is 32.0 Å². The van der Waals surface area contributed by atoms with Crippen molar-refractivity contribution in [1.82, 2.24) is 10.3 Å². The molecule has 1 aromatic rings. The Morgan fingerprint density at radius 2 is 2.18 bits per heavy atom. The van der Waals surface area contributed by atoms with Gasteiger partial charge in [-0.3, -0.25) is 4.98 Å². The molecule has 4 heteroatoms. The van der Waals surface area contributed by atoms with Gasteiger partial charge in [-0.1, -0.05) is 0 Å². The van der Waals surface area contributed by atoms with E-state index in [-0.39, 0.29) is 5.41 Å². The van der Waals surface area contributed by atoms with Gasteiger partial charge in [-0.25, -0.2) is 0 Å². The first-order valence-electron chi connectivity index (χ1n) is 6.08. The zero-order valence-corrected chi connectivity index (χ0v) is 10.0. The number of piperidine rings is 1. The normalized spacial score (nSPS) is 21.6. The fourth-order valence-electron chi connectivity index (χ4n) is 2.97. The summed E-state index contributed by atoms with van der Waals surface area (Å²) in [4.78, 5) is 4.44. The SMILES string of the molecule is COc1cnc2c(c1)C(=N)C1(CCNCC1)C2. The Bertz CT molecular complexity index is 464. The van der Waals surface area contributed by atoms with Crippen LogP contribution < -0.4 is 10.1 Å². The molecule has 0 aromatic carbocycles. The van der Waals surface area contributed by atoms with E-state index in [1.54, 1.807) is 13.3 Å². The number of pyridine rings is 1. The topological polar surface area (TPSA) is 58.0 Å². The maximum absolute atomic E-state index is 8.42. The number of rotatable bonds is 1. The summed E-state index contributed by atoms with van der Waals surface area (Å²) >= 11 is 0. The third-order valence-electron chi connectivity index (χ3n) is 4.05. The fourth-order valence-corrected chi connectivity index (χ4v) is 2.97. The first-order chi connectivity index (χ1) is 8.25. The maximum atomic E-state index is 8.42. The van der Waals surface area contributed by atoms with Gasteiger partial charge in [0.1, 0.15) is 5.75 Å². The molecule has 2 N–H and O–H groups in total. The fraction of sp³-hybridized carbons (Fsp3) is 0.538. The Morgan fingerprint density at radius 3 is 2.88 bits per heavy atom. The monoisotopic (exact) mass is 231 g/mol. The highest BCUT2D eigenvalue weighted by molar-refractivity contribution is 6.06. The Kier molecular flexibility index (Phi) is 2.40. The van der Waals surface area contributed by atoms with Crippen molar-refractivity contribution in [3.05, 3.63) is 23.5 Å². The van der Waals surface area contributed by atoms with Crippen molar-refractivity contribution in [1.29, 1.82) is 5.41 Å². The van der Waals surface area contributed by atoms with Crippen LogP contribution in [0, 0.1) is 10.8 Å². The lowest BCUT2D eigenvalue weighted by atomic mass is 9.75. The second kappa shape index (κ2) is 3.81. The van der Waals surface area contributed by atoms with Gasteiger partial charge in [0.05, 0.1) is 19.0 Å². The highest BCUT2D eigenvalue weighted by Gasteiger charge is 2.43. The van der Waals surface area contributed by atoms with Crippen LogP contribution in [0.5, 0.6) is 5.75 Å². The van der Waals surface area contributed by atoms with Crippen molar-refractivity contribution in [2.75, 3.05) is 20.2 Å². The molecule has 1 saturated heterocycles. The predicted molar refractivity (Wildman–Crippen MR) is 65.9 cm³/mol. The maximum Gasteiger partial charge on any atom is 0.137 e. The summed E-state index contributed by atoms with van der Waals surface area (Å²) in [6.45, 7) is 2.01. The summed E-state index contributed by atoms with van der Waals surface area (Å²) in [6, 6.07) is 1.96. The van der Waals surface area contributed by atoms with Gasteiger partial charge in [0.25, 0.3) is 0 Å². The Hall–Kier alpha value is -1.42. The molecule has 2 aliphatic rings. The van der Waals surface area contributed by atoms with Crippen LogP contribution in [0.1, 0.15) is 24.1 Å². The minimum atomic E-state index is 0.0347. The lowest BCUT2D eigenvalue weighted by Crippen LogP contribution is -2.40. The van der Waals surface area contributed by atoms with E-state index in [2.05, 4.69) is 10.3 Å². The smallest absolute Gasteiger partial charge is 0.137 e. The van der Waals surface area contributed by atoms with Crippen LogP contribution in [0.4, 0.5) is 0 Å². The molecule has 1 fully saturated rings. The van der Waals surface area contributed by atoms with Crippen molar-refractivity contribution in [3.8, 4) is 5.75 Å². The van der Waals surface area contributed by atoms with Crippen LogP contribution in [0.3, 0.4) is 0 Å². The number of ether oxygens (including phenoxy) is 1. The molecule has 0 saturated carbocycles. The first kappa shape index (κ1) is 10.7. The van der Waals surface area contributed by atoms with E-state index in [0.29, 0.717) is 0 Å². The molecule has 0 atom stereocenters. The van der Waals surface area contributed by atoms with Crippen molar-refractivity contribution < 1.29 is 4.74 Å². The second-order valence-corrected chi connectivity index (χ2v) is 4.95. The zero-order chi connectivity index (χ0) is 11.9. The van der Waals surface area contributed by atoms with Crippen LogP contribution in [-0.4, -0.2) is 30.9 Å². The summed E-state index contributed by atoms with van der Waals surface area (Å²) in [5.41, 5.74) is 2.86. The second-order valence-electron chi connectivity index (χ2n) is 4.95. The lowest BCUT2D eigenvalue weighted by molar-refractivity contribution is 0.303. The zero-order valence-electron chi connectivity index (χ0n) is 10.0. The van der Waals surface area contributed by atoms with E-state index < -0.39 is 0 Å². The molecule has 1 spiro atoms. The van der Waals surface area contributed by atoms with E-state index in [4.69, 9.17) is 10.1 Å². The van der Waals surface area contributed by atoms with Gasteiger partial charge in [-0.15, -0.1) is 0 Å². The van der Waals surface area contributed by atoms with Crippen LogP contribution in [0.15, 0.2) is 12.3 Å². The van der Waals surface area contributed by atoms with Gasteiger partial charge in [0.15, 0.2) is 0 Å². The molecule has 1 aliphatic carbocycles. The highest BCUT2D eigenvalue weighted by atomic mass is 16.5. The van der Waals surface area contributed by atoms with Crippen LogP contribution in [0.2, 0.25) is 0 Å². The standard InChI is InChI=1S/C13H17N3O/c1-17-9-6-10-11(16-8-9)7-13(12(10)14)2-4-15-5-3-13/h6,8,14-15H,2-5,7H2,1H3. The van der Waals surface area contributed by atoms with E-state index in [9.17, 15) is 0 Å². The number of hydrogen-bond acceptors (Lipinski definition) is 4. The molecule has 90 valence electrons. The lowest BCUT2D eigenvalue weighted by Gasteiger charge is -2.33. The first-order valence-corrected chi connectivity index (χ1v) is 6.08. The number of nitrogens with one attached hydrogen (secondary N) is 2. The molecule has 0 unspecified atom stereocenters. The number of fused-ring (bicyclic) bond motifs is 1. The molecule has 0 bridgehead atoms. The third kappa shape index (κ3) is 1.55. The molecule has 1 aliphatic heterocycles. The van der Waals surface area contributed by atoms with Gasteiger partial charge in [-0.2, -0.15) is 0 Å². The Balaban J connectivity index is 1.99. The highest BCUT2D eigenvalue weighted by Crippen LogP contribution is 2.43. The molecule has 0 amide bonds. The van der Waals surface area contributed by atoms with E-state index in [1.807, 2.05) is 6.07 Å². The van der Waals surface area contributed by atoms with Crippen molar-refractivity contribution >= 4 is 5.71 Å². The summed E-state index contributed by atoms with van der Waals surface area (Å²) in [5, 5.41) is 11.8. The van der Waals surface area contributed by atoms with E-state index >= 15 is 0 Å². The summed E-state index contributed by atoms with van der Waals surface area (Å²) in [7, 11) is 1.64. The van der Waals surface area contributed by atoms with Crippen molar-refractivity contribution in [3.63, 3.8) is 0 Å².